The smallest absolute Gasteiger partial charge is 0.243 e. The summed E-state index contributed by atoms with van der Waals surface area (Å²) in [6, 6.07) is 14.0. The Balaban J connectivity index is 2.06. The zero-order valence-corrected chi connectivity index (χ0v) is 15.8. The number of hydrogen-bond acceptors (Lipinski definition) is 3. The molecule has 0 aliphatic heterocycles. The molecule has 6 heteroatoms. The highest BCUT2D eigenvalue weighted by atomic mass is 32.2. The van der Waals surface area contributed by atoms with Crippen molar-refractivity contribution in [2.75, 3.05) is 6.54 Å². The average Bonchev–Trinajstić information content (AvgIpc) is 2.56. The third-order valence-corrected chi connectivity index (χ3v) is 5.40. The summed E-state index contributed by atoms with van der Waals surface area (Å²) in [5.74, 6) is -0.749. The van der Waals surface area contributed by atoms with E-state index in [0.717, 1.165) is 5.56 Å². The van der Waals surface area contributed by atoms with E-state index in [1.807, 2.05) is 51.1 Å². The van der Waals surface area contributed by atoms with Gasteiger partial charge in [-0.1, -0.05) is 36.4 Å². The van der Waals surface area contributed by atoms with Crippen LogP contribution in [0.2, 0.25) is 0 Å². The molecule has 0 aromatic heterocycles. The SMILES string of the molecule is Cc1ccc(F)c(S(=O)(=O)NCC(C)(C)NC(C)c2ccccc2)c1. The summed E-state index contributed by atoms with van der Waals surface area (Å²) in [5, 5.41) is 3.40. The summed E-state index contributed by atoms with van der Waals surface area (Å²) < 4.78 is 41.2. The summed E-state index contributed by atoms with van der Waals surface area (Å²) in [6.45, 7) is 7.69. The molecule has 0 saturated heterocycles. The van der Waals surface area contributed by atoms with Gasteiger partial charge in [0.05, 0.1) is 0 Å². The average molecular weight is 364 g/mol. The lowest BCUT2D eigenvalue weighted by molar-refractivity contribution is 0.346. The van der Waals surface area contributed by atoms with Crippen molar-refractivity contribution < 1.29 is 12.8 Å². The molecule has 4 nitrogen and oxygen atoms in total. The van der Waals surface area contributed by atoms with E-state index < -0.39 is 21.4 Å². The second-order valence-electron chi connectivity index (χ2n) is 6.92. The van der Waals surface area contributed by atoms with Crippen LogP contribution < -0.4 is 10.0 Å². The van der Waals surface area contributed by atoms with E-state index in [2.05, 4.69) is 10.0 Å². The fourth-order valence-corrected chi connectivity index (χ4v) is 4.00. The zero-order chi connectivity index (χ0) is 18.7. The standard InChI is InChI=1S/C19H25FN2O2S/c1-14-10-11-17(20)18(12-14)25(23,24)21-13-19(3,4)22-15(2)16-8-6-5-7-9-16/h5-12,15,21-22H,13H2,1-4H3. The van der Waals surface area contributed by atoms with E-state index in [9.17, 15) is 12.8 Å². The molecular formula is C19H25FN2O2S. The molecule has 2 aromatic carbocycles. The highest BCUT2D eigenvalue weighted by molar-refractivity contribution is 7.89. The predicted molar refractivity (Wildman–Crippen MR) is 98.4 cm³/mol. The number of benzene rings is 2. The maximum Gasteiger partial charge on any atom is 0.243 e. The third kappa shape index (κ3) is 5.36. The van der Waals surface area contributed by atoms with Crippen LogP contribution in [0.4, 0.5) is 4.39 Å². The first kappa shape index (κ1) is 19.6. The maximum atomic E-state index is 13.9. The van der Waals surface area contributed by atoms with Crippen molar-refractivity contribution in [3.63, 3.8) is 0 Å². The Hall–Kier alpha value is -1.76. The first-order valence-electron chi connectivity index (χ1n) is 8.19. The molecule has 0 heterocycles. The number of sulfonamides is 1. The second-order valence-corrected chi connectivity index (χ2v) is 8.65. The van der Waals surface area contributed by atoms with E-state index in [1.54, 1.807) is 13.0 Å². The van der Waals surface area contributed by atoms with Crippen LogP contribution in [0.1, 0.15) is 37.9 Å². The van der Waals surface area contributed by atoms with Gasteiger partial charge in [0.25, 0.3) is 0 Å². The van der Waals surface area contributed by atoms with Crippen molar-refractivity contribution in [2.24, 2.45) is 0 Å². The Morgan fingerprint density at radius 1 is 1.12 bits per heavy atom. The van der Waals surface area contributed by atoms with Crippen LogP contribution in [0, 0.1) is 12.7 Å². The Morgan fingerprint density at radius 2 is 1.76 bits per heavy atom. The Morgan fingerprint density at radius 3 is 2.40 bits per heavy atom. The van der Waals surface area contributed by atoms with Gasteiger partial charge in [0, 0.05) is 18.1 Å². The molecule has 1 atom stereocenters. The Bertz CT molecular complexity index is 821. The van der Waals surface area contributed by atoms with Gasteiger partial charge in [0.2, 0.25) is 10.0 Å². The number of halogens is 1. The van der Waals surface area contributed by atoms with Crippen LogP contribution in [0.15, 0.2) is 53.4 Å². The molecule has 0 radical (unpaired) electrons. The van der Waals surface area contributed by atoms with E-state index in [0.29, 0.717) is 5.56 Å². The Labute approximate surface area is 149 Å². The van der Waals surface area contributed by atoms with E-state index >= 15 is 0 Å². The van der Waals surface area contributed by atoms with Crippen LogP contribution in [-0.4, -0.2) is 20.5 Å². The summed E-state index contributed by atoms with van der Waals surface area (Å²) >= 11 is 0. The Kier molecular flexibility index (Phi) is 5.98. The van der Waals surface area contributed by atoms with Gasteiger partial charge in [-0.2, -0.15) is 0 Å². The largest absolute Gasteiger partial charge is 0.304 e. The van der Waals surface area contributed by atoms with Crippen LogP contribution >= 0.6 is 0 Å². The van der Waals surface area contributed by atoms with E-state index in [-0.39, 0.29) is 17.5 Å². The van der Waals surface area contributed by atoms with Crippen molar-refractivity contribution >= 4 is 10.0 Å². The molecule has 0 amide bonds. The fraction of sp³-hybridized carbons (Fsp3) is 0.368. The topological polar surface area (TPSA) is 58.2 Å². The van der Waals surface area contributed by atoms with Crippen LogP contribution in [0.3, 0.4) is 0 Å². The summed E-state index contributed by atoms with van der Waals surface area (Å²) in [5.41, 5.74) is 1.29. The molecule has 0 aliphatic rings. The number of rotatable bonds is 7. The predicted octanol–water partition coefficient (Wildman–Crippen LogP) is 3.54. The van der Waals surface area contributed by atoms with E-state index in [1.165, 1.54) is 12.1 Å². The molecule has 0 fully saturated rings. The minimum atomic E-state index is -3.91. The van der Waals surface area contributed by atoms with Gasteiger partial charge in [-0.25, -0.2) is 17.5 Å². The molecular weight excluding hydrogens is 339 g/mol. The summed E-state index contributed by atoms with van der Waals surface area (Å²) in [7, 11) is -3.91. The molecule has 0 saturated carbocycles. The molecule has 136 valence electrons. The van der Waals surface area contributed by atoms with Gasteiger partial charge in [0.1, 0.15) is 10.7 Å². The van der Waals surface area contributed by atoms with Gasteiger partial charge in [0.15, 0.2) is 0 Å². The lowest BCUT2D eigenvalue weighted by atomic mass is 10.0. The fourth-order valence-electron chi connectivity index (χ4n) is 2.63. The number of aryl methyl sites for hydroxylation is 1. The van der Waals surface area contributed by atoms with Crippen LogP contribution in [0.25, 0.3) is 0 Å². The van der Waals surface area contributed by atoms with Crippen LogP contribution in [0.5, 0.6) is 0 Å². The molecule has 0 aliphatic carbocycles. The van der Waals surface area contributed by atoms with E-state index in [4.69, 9.17) is 0 Å². The van der Waals surface area contributed by atoms with Gasteiger partial charge in [-0.05, 0) is 51.0 Å². The molecule has 0 spiro atoms. The molecule has 1 unspecified atom stereocenters. The molecule has 2 aromatic rings. The highest BCUT2D eigenvalue weighted by Gasteiger charge is 2.25. The second kappa shape index (κ2) is 7.64. The lowest BCUT2D eigenvalue weighted by Gasteiger charge is -2.30. The van der Waals surface area contributed by atoms with Crippen molar-refractivity contribution in [3.8, 4) is 0 Å². The summed E-state index contributed by atoms with van der Waals surface area (Å²) in [4.78, 5) is -0.320. The first-order chi connectivity index (χ1) is 11.6. The highest BCUT2D eigenvalue weighted by Crippen LogP contribution is 2.18. The third-order valence-electron chi connectivity index (χ3n) is 3.99. The van der Waals surface area contributed by atoms with Gasteiger partial charge >= 0.3 is 0 Å². The van der Waals surface area contributed by atoms with Gasteiger partial charge in [-0.15, -0.1) is 0 Å². The number of nitrogens with one attached hydrogen (secondary N) is 2. The minimum absolute atomic E-state index is 0.0522. The molecule has 0 bridgehead atoms. The minimum Gasteiger partial charge on any atom is -0.304 e. The normalized spacial score (nSPS) is 13.6. The summed E-state index contributed by atoms with van der Waals surface area (Å²) in [6.07, 6.45) is 0. The van der Waals surface area contributed by atoms with Crippen LogP contribution in [-0.2, 0) is 10.0 Å². The monoisotopic (exact) mass is 364 g/mol. The van der Waals surface area contributed by atoms with Crippen molar-refractivity contribution in [1.82, 2.24) is 10.0 Å². The quantitative estimate of drug-likeness (QED) is 0.790. The van der Waals surface area contributed by atoms with Gasteiger partial charge < -0.3 is 5.32 Å². The van der Waals surface area contributed by atoms with Crippen molar-refractivity contribution in [2.45, 2.75) is 44.2 Å². The van der Waals surface area contributed by atoms with Gasteiger partial charge in [-0.3, -0.25) is 0 Å². The van der Waals surface area contributed by atoms with Crippen molar-refractivity contribution in [1.29, 1.82) is 0 Å². The molecule has 2 rings (SSSR count). The molecule has 2 N–H and O–H groups in total. The number of hydrogen-bond donors (Lipinski definition) is 2. The molecule has 25 heavy (non-hydrogen) atoms. The van der Waals surface area contributed by atoms with Crippen molar-refractivity contribution in [3.05, 3.63) is 65.5 Å². The maximum absolute atomic E-state index is 13.9. The lowest BCUT2D eigenvalue weighted by Crippen LogP contribution is -2.49. The zero-order valence-electron chi connectivity index (χ0n) is 15.0. The first-order valence-corrected chi connectivity index (χ1v) is 9.67.